The van der Waals surface area contributed by atoms with E-state index in [4.69, 9.17) is 4.74 Å². The Morgan fingerprint density at radius 3 is 2.86 bits per heavy atom. The van der Waals surface area contributed by atoms with Gasteiger partial charge >= 0.3 is 0 Å². The molecule has 1 aromatic carbocycles. The van der Waals surface area contributed by atoms with Gasteiger partial charge in [-0.1, -0.05) is 0 Å². The molecule has 0 fully saturated rings. The minimum Gasteiger partial charge on any atom is -0.491 e. The van der Waals surface area contributed by atoms with Gasteiger partial charge in [-0.25, -0.2) is 4.98 Å². The number of rotatable bonds is 7. The van der Waals surface area contributed by atoms with Crippen LogP contribution in [0.15, 0.2) is 29.8 Å². The first-order valence-corrected chi connectivity index (χ1v) is 7.51. The topological polar surface area (TPSA) is 77.3 Å². The van der Waals surface area contributed by atoms with Crippen molar-refractivity contribution >= 4 is 22.7 Å². The number of nitro groups is 1. The molecule has 0 atom stereocenters. The highest BCUT2D eigenvalue weighted by atomic mass is 32.1. The van der Waals surface area contributed by atoms with E-state index in [9.17, 15) is 10.1 Å². The van der Waals surface area contributed by atoms with Gasteiger partial charge in [0, 0.05) is 42.4 Å². The van der Waals surface area contributed by atoms with Crippen LogP contribution in [-0.4, -0.2) is 22.6 Å². The summed E-state index contributed by atoms with van der Waals surface area (Å²) in [5.74, 6) is 0.496. The average molecular weight is 307 g/mol. The summed E-state index contributed by atoms with van der Waals surface area (Å²) < 4.78 is 5.54. The van der Waals surface area contributed by atoms with Crippen LogP contribution in [0.25, 0.3) is 0 Å². The Hall–Kier alpha value is -2.15. The van der Waals surface area contributed by atoms with Crippen LogP contribution < -0.4 is 10.1 Å². The van der Waals surface area contributed by atoms with Gasteiger partial charge in [0.2, 0.25) is 0 Å². The molecule has 112 valence electrons. The number of hydrogen-bond donors (Lipinski definition) is 1. The highest BCUT2D eigenvalue weighted by Gasteiger charge is 2.11. The van der Waals surface area contributed by atoms with Gasteiger partial charge in [-0.15, -0.1) is 11.3 Å². The van der Waals surface area contributed by atoms with Crippen LogP contribution in [0.3, 0.4) is 0 Å². The lowest BCUT2D eigenvalue weighted by atomic mass is 10.2. The van der Waals surface area contributed by atoms with Gasteiger partial charge in [0.25, 0.3) is 5.69 Å². The molecule has 0 saturated heterocycles. The Morgan fingerprint density at radius 1 is 1.43 bits per heavy atom. The number of hydrogen-bond acceptors (Lipinski definition) is 6. The molecule has 0 spiro atoms. The molecular formula is C14H17N3O3S. The Bertz CT molecular complexity index is 600. The Morgan fingerprint density at radius 2 is 2.24 bits per heavy atom. The molecule has 7 heteroatoms. The van der Waals surface area contributed by atoms with E-state index in [2.05, 4.69) is 10.3 Å². The van der Waals surface area contributed by atoms with E-state index < -0.39 is 4.92 Å². The highest BCUT2D eigenvalue weighted by Crippen LogP contribution is 2.26. The zero-order valence-electron chi connectivity index (χ0n) is 11.9. The summed E-state index contributed by atoms with van der Waals surface area (Å²) in [6.45, 7) is 4.43. The second-order valence-corrected chi connectivity index (χ2v) is 5.72. The zero-order chi connectivity index (χ0) is 15.2. The number of nitrogens with zero attached hydrogens (tertiary/aromatic N) is 2. The summed E-state index contributed by atoms with van der Waals surface area (Å²) in [5.41, 5.74) is 0.696. The minimum absolute atomic E-state index is 0.0184. The van der Waals surface area contributed by atoms with Crippen molar-refractivity contribution in [1.29, 1.82) is 0 Å². The predicted molar refractivity (Wildman–Crippen MR) is 83.2 cm³/mol. The third kappa shape index (κ3) is 4.71. The van der Waals surface area contributed by atoms with Crippen LogP contribution in [0.1, 0.15) is 18.9 Å². The monoisotopic (exact) mass is 307 g/mol. The zero-order valence-corrected chi connectivity index (χ0v) is 12.7. The van der Waals surface area contributed by atoms with Crippen molar-refractivity contribution in [2.24, 2.45) is 0 Å². The quantitative estimate of drug-likeness (QED) is 0.626. The molecule has 1 heterocycles. The van der Waals surface area contributed by atoms with E-state index in [-0.39, 0.29) is 11.8 Å². The first-order valence-electron chi connectivity index (χ1n) is 6.63. The number of nitrogens with one attached hydrogen (secondary N) is 1. The van der Waals surface area contributed by atoms with Crippen molar-refractivity contribution in [3.8, 4) is 5.75 Å². The van der Waals surface area contributed by atoms with Crippen LogP contribution in [0.2, 0.25) is 0 Å². The predicted octanol–water partition coefficient (Wildman–Crippen LogP) is 3.49. The fourth-order valence-electron chi connectivity index (χ4n) is 1.82. The van der Waals surface area contributed by atoms with Gasteiger partial charge in [-0.05, 0) is 13.8 Å². The molecule has 0 saturated carbocycles. The molecule has 0 amide bonds. The van der Waals surface area contributed by atoms with Gasteiger partial charge in [-0.3, -0.25) is 10.1 Å². The third-order valence-electron chi connectivity index (χ3n) is 2.63. The number of thiazole rings is 1. The molecule has 1 aromatic heterocycles. The van der Waals surface area contributed by atoms with E-state index >= 15 is 0 Å². The molecule has 0 bridgehead atoms. The normalized spacial score (nSPS) is 10.6. The molecule has 0 radical (unpaired) electrons. The van der Waals surface area contributed by atoms with Crippen LogP contribution >= 0.6 is 11.3 Å². The molecule has 0 aliphatic heterocycles. The van der Waals surface area contributed by atoms with Crippen LogP contribution in [0.5, 0.6) is 5.75 Å². The molecule has 0 aliphatic rings. The van der Waals surface area contributed by atoms with Crippen molar-refractivity contribution in [3.63, 3.8) is 0 Å². The summed E-state index contributed by atoms with van der Waals surface area (Å²) in [5, 5.41) is 17.1. The third-order valence-corrected chi connectivity index (χ3v) is 3.46. The smallest absolute Gasteiger partial charge is 0.275 e. The van der Waals surface area contributed by atoms with Gasteiger partial charge in [0.15, 0.2) is 0 Å². The fraction of sp³-hybridized carbons (Fsp3) is 0.357. The summed E-state index contributed by atoms with van der Waals surface area (Å²) in [4.78, 5) is 14.7. The van der Waals surface area contributed by atoms with E-state index in [0.29, 0.717) is 18.0 Å². The van der Waals surface area contributed by atoms with Crippen molar-refractivity contribution in [2.75, 3.05) is 11.9 Å². The maximum atomic E-state index is 11.0. The van der Waals surface area contributed by atoms with Crippen molar-refractivity contribution in [1.82, 2.24) is 4.98 Å². The van der Waals surface area contributed by atoms with Crippen molar-refractivity contribution in [3.05, 3.63) is 44.9 Å². The molecule has 0 unspecified atom stereocenters. The number of anilines is 1. The Kier molecular flexibility index (Phi) is 5.10. The standard InChI is InChI=1S/C14H17N3O3S/c1-10(2)20-13-8-11(7-12(9-13)17(18)19)15-4-3-14-16-5-6-21-14/h5-10,15H,3-4H2,1-2H3. The molecule has 2 rings (SSSR count). The lowest BCUT2D eigenvalue weighted by Gasteiger charge is -2.12. The average Bonchev–Trinajstić information content (AvgIpc) is 2.90. The number of non-ortho nitro benzene ring substituents is 1. The van der Waals surface area contributed by atoms with Crippen molar-refractivity contribution in [2.45, 2.75) is 26.4 Å². The minimum atomic E-state index is -0.417. The first-order chi connectivity index (χ1) is 10.0. The van der Waals surface area contributed by atoms with Crippen molar-refractivity contribution < 1.29 is 9.66 Å². The van der Waals surface area contributed by atoms with E-state index in [0.717, 1.165) is 11.4 Å². The van der Waals surface area contributed by atoms with Gasteiger partial charge < -0.3 is 10.1 Å². The lowest BCUT2D eigenvalue weighted by Crippen LogP contribution is -2.08. The molecule has 0 aliphatic carbocycles. The second-order valence-electron chi connectivity index (χ2n) is 4.74. The Balaban J connectivity index is 2.06. The molecule has 21 heavy (non-hydrogen) atoms. The van der Waals surface area contributed by atoms with Gasteiger partial charge in [0.05, 0.1) is 22.1 Å². The van der Waals surface area contributed by atoms with E-state index in [1.54, 1.807) is 23.6 Å². The number of benzene rings is 1. The van der Waals surface area contributed by atoms with Gasteiger partial charge in [0.1, 0.15) is 5.75 Å². The SMILES string of the molecule is CC(C)Oc1cc(NCCc2nccs2)cc([N+](=O)[O-])c1. The lowest BCUT2D eigenvalue weighted by molar-refractivity contribution is -0.384. The summed E-state index contributed by atoms with van der Waals surface area (Å²) in [7, 11) is 0. The fourth-order valence-corrected chi connectivity index (χ4v) is 2.44. The maximum Gasteiger partial charge on any atom is 0.275 e. The number of ether oxygens (including phenoxy) is 1. The Labute approximate surface area is 126 Å². The van der Waals surface area contributed by atoms with Crippen LogP contribution in [0.4, 0.5) is 11.4 Å². The van der Waals surface area contributed by atoms with E-state index in [1.165, 1.54) is 12.1 Å². The highest BCUT2D eigenvalue weighted by molar-refractivity contribution is 7.09. The van der Waals surface area contributed by atoms with Crippen LogP contribution in [0, 0.1) is 10.1 Å². The van der Waals surface area contributed by atoms with E-state index in [1.807, 2.05) is 19.2 Å². The largest absolute Gasteiger partial charge is 0.491 e. The number of nitro benzene ring substituents is 1. The van der Waals surface area contributed by atoms with Gasteiger partial charge in [-0.2, -0.15) is 0 Å². The molecule has 1 N–H and O–H groups in total. The second kappa shape index (κ2) is 7.03. The number of aromatic nitrogens is 1. The summed E-state index contributed by atoms with van der Waals surface area (Å²) >= 11 is 1.59. The first kappa shape index (κ1) is 15.2. The van der Waals surface area contributed by atoms with Crippen LogP contribution in [-0.2, 0) is 6.42 Å². The summed E-state index contributed by atoms with van der Waals surface area (Å²) in [6, 6.07) is 4.72. The maximum absolute atomic E-state index is 11.0. The molecule has 6 nitrogen and oxygen atoms in total. The summed E-state index contributed by atoms with van der Waals surface area (Å²) in [6.07, 6.45) is 2.51. The molecular weight excluding hydrogens is 290 g/mol. The molecule has 2 aromatic rings.